The van der Waals surface area contributed by atoms with E-state index in [-0.39, 0.29) is 23.3 Å². The fourth-order valence-electron chi connectivity index (χ4n) is 2.74. The monoisotopic (exact) mass is 426 g/mol. The molecule has 0 unspecified atom stereocenters. The van der Waals surface area contributed by atoms with E-state index in [2.05, 4.69) is 15.5 Å². The Morgan fingerprint density at radius 2 is 2.18 bits per heavy atom. The summed E-state index contributed by atoms with van der Waals surface area (Å²) in [4.78, 5) is 6.20. The third kappa shape index (κ3) is 4.18. The predicted octanol–water partition coefficient (Wildman–Crippen LogP) is 3.17. The smallest absolute Gasteiger partial charge is 0.229 e. The number of nitrogens with two attached hydrogens (primary N) is 2. The maximum atomic E-state index is 13.9. The number of aromatic nitrogens is 2. The number of allylic oxidation sites excluding steroid dienone is 1. The molecule has 1 aromatic heterocycles. The van der Waals surface area contributed by atoms with Gasteiger partial charge in [0.2, 0.25) is 11.7 Å². The van der Waals surface area contributed by atoms with Gasteiger partial charge in [-0.3, -0.25) is 0 Å². The zero-order valence-corrected chi connectivity index (χ0v) is 17.0. The van der Waals surface area contributed by atoms with Gasteiger partial charge >= 0.3 is 0 Å². The number of benzene rings is 1. The van der Waals surface area contributed by atoms with Crippen LogP contribution in [0.4, 0.5) is 4.39 Å². The molecule has 0 saturated heterocycles. The van der Waals surface area contributed by atoms with Gasteiger partial charge < -0.3 is 26.2 Å². The molecule has 0 saturated carbocycles. The number of hydrogen-bond acceptors (Lipinski definition) is 7. The van der Waals surface area contributed by atoms with E-state index in [1.807, 2.05) is 18.7 Å². The highest BCUT2D eigenvalue weighted by Gasteiger charge is 2.22. The van der Waals surface area contributed by atoms with Crippen LogP contribution in [0.3, 0.4) is 0 Å². The van der Waals surface area contributed by atoms with Crippen molar-refractivity contribution < 1.29 is 8.91 Å². The average molecular weight is 427 g/mol. The Balaban J connectivity index is 1.92. The van der Waals surface area contributed by atoms with Gasteiger partial charge in [0.15, 0.2) is 0 Å². The summed E-state index contributed by atoms with van der Waals surface area (Å²) in [5, 5.41) is 7.34. The molecule has 1 aromatic carbocycles. The molecular formula is C18H21Cl2FN6O. The number of rotatable bonds is 5. The molecule has 1 aliphatic rings. The van der Waals surface area contributed by atoms with E-state index >= 15 is 0 Å². The third-order valence-corrected chi connectivity index (χ3v) is 5.05. The van der Waals surface area contributed by atoms with E-state index in [1.54, 1.807) is 6.08 Å². The molecule has 7 nitrogen and oxygen atoms in total. The molecule has 2 aromatic rings. The Labute approximate surface area is 172 Å². The molecule has 0 amide bonds. The molecule has 10 heteroatoms. The molecule has 0 radical (unpaired) electrons. The predicted molar refractivity (Wildman–Crippen MR) is 107 cm³/mol. The van der Waals surface area contributed by atoms with E-state index < -0.39 is 5.82 Å². The number of hydrogen-bond donors (Lipinski definition) is 3. The molecule has 0 spiro atoms. The molecule has 5 N–H and O–H groups in total. The lowest BCUT2D eigenvalue weighted by Crippen LogP contribution is -2.41. The number of halogens is 3. The second kappa shape index (κ2) is 8.28. The minimum absolute atomic E-state index is 0.0133. The van der Waals surface area contributed by atoms with Gasteiger partial charge in [-0.1, -0.05) is 42.2 Å². The first-order valence-electron chi connectivity index (χ1n) is 8.70. The minimum atomic E-state index is -0.530. The molecule has 1 aliphatic heterocycles. The van der Waals surface area contributed by atoms with Gasteiger partial charge in [0, 0.05) is 36.1 Å². The van der Waals surface area contributed by atoms with Crippen LogP contribution in [0, 0.1) is 5.82 Å². The van der Waals surface area contributed by atoms with Crippen LogP contribution in [0.1, 0.15) is 37.0 Å². The average Bonchev–Trinajstić information content (AvgIpc) is 3.15. The molecule has 2 heterocycles. The summed E-state index contributed by atoms with van der Waals surface area (Å²) < 4.78 is 19.1. The molecule has 0 bridgehead atoms. The first-order chi connectivity index (χ1) is 13.3. The molecule has 0 atom stereocenters. The normalized spacial score (nSPS) is 15.4. The molecule has 0 aliphatic carbocycles. The van der Waals surface area contributed by atoms with Crippen molar-refractivity contribution in [2.45, 2.75) is 26.3 Å². The standard InChI is InChI=1S/C18H21Cl2FN6O/c1-9(2)18-25-17(26-28-18)13(22)7-14-16(23)24-5-6-27(14)8-10-11(19)3-4-12(21)15(10)20/h3-4,7,9,24H,5-6,8,22-23H2,1-2H3/b13-7-. The van der Waals surface area contributed by atoms with E-state index in [9.17, 15) is 4.39 Å². The molecule has 28 heavy (non-hydrogen) atoms. The van der Waals surface area contributed by atoms with Crippen LogP contribution in [-0.4, -0.2) is 28.1 Å². The van der Waals surface area contributed by atoms with Gasteiger partial charge in [-0.15, -0.1) is 0 Å². The molecular weight excluding hydrogens is 406 g/mol. The summed E-state index contributed by atoms with van der Waals surface area (Å²) >= 11 is 12.3. The van der Waals surface area contributed by atoms with E-state index in [1.165, 1.54) is 12.1 Å². The van der Waals surface area contributed by atoms with Crippen LogP contribution in [0.15, 0.2) is 34.2 Å². The third-order valence-electron chi connectivity index (χ3n) is 4.29. The largest absolute Gasteiger partial charge is 0.396 e. The lowest BCUT2D eigenvalue weighted by Gasteiger charge is -2.32. The van der Waals surface area contributed by atoms with Gasteiger partial charge in [0.1, 0.15) is 11.6 Å². The lowest BCUT2D eigenvalue weighted by atomic mass is 10.1. The zero-order chi connectivity index (χ0) is 20.4. The lowest BCUT2D eigenvalue weighted by molar-refractivity contribution is 0.321. The Hall–Kier alpha value is -2.45. The SMILES string of the molecule is CC(C)c1nc(/C(N)=C/C2=C(N)NCCN2Cc2c(Cl)ccc(F)c2Cl)no1. The van der Waals surface area contributed by atoms with Crippen molar-refractivity contribution in [2.75, 3.05) is 13.1 Å². The first-order valence-corrected chi connectivity index (χ1v) is 9.45. The second-order valence-corrected chi connectivity index (χ2v) is 7.46. The molecule has 150 valence electrons. The minimum Gasteiger partial charge on any atom is -0.396 e. The van der Waals surface area contributed by atoms with Gasteiger partial charge in [0.05, 0.1) is 16.4 Å². The second-order valence-electron chi connectivity index (χ2n) is 6.68. The maximum absolute atomic E-state index is 13.9. The molecule has 3 rings (SSSR count). The van der Waals surface area contributed by atoms with Gasteiger partial charge in [-0.25, -0.2) is 4.39 Å². The van der Waals surface area contributed by atoms with E-state index in [0.717, 1.165) is 0 Å². The van der Waals surface area contributed by atoms with Crippen LogP contribution >= 0.6 is 23.2 Å². The highest BCUT2D eigenvalue weighted by atomic mass is 35.5. The summed E-state index contributed by atoms with van der Waals surface area (Å²) in [6.45, 7) is 5.34. The van der Waals surface area contributed by atoms with Crippen molar-refractivity contribution in [3.63, 3.8) is 0 Å². The van der Waals surface area contributed by atoms with E-state index in [4.69, 9.17) is 39.2 Å². The van der Waals surface area contributed by atoms with E-state index in [0.29, 0.717) is 46.8 Å². The van der Waals surface area contributed by atoms with Crippen LogP contribution in [0.25, 0.3) is 5.70 Å². The van der Waals surface area contributed by atoms with Crippen molar-refractivity contribution in [2.24, 2.45) is 11.5 Å². The van der Waals surface area contributed by atoms with Crippen molar-refractivity contribution in [3.05, 3.63) is 62.9 Å². The van der Waals surface area contributed by atoms with Crippen molar-refractivity contribution in [1.29, 1.82) is 0 Å². The van der Waals surface area contributed by atoms with Gasteiger partial charge in [-0.05, 0) is 18.2 Å². The van der Waals surface area contributed by atoms with Crippen molar-refractivity contribution in [3.8, 4) is 0 Å². The van der Waals surface area contributed by atoms with Crippen LogP contribution in [-0.2, 0) is 6.54 Å². The summed E-state index contributed by atoms with van der Waals surface area (Å²) in [6.07, 6.45) is 1.65. The fraction of sp³-hybridized carbons (Fsp3) is 0.333. The summed E-state index contributed by atoms with van der Waals surface area (Å²) in [5.74, 6) is 0.744. The van der Waals surface area contributed by atoms with Crippen LogP contribution in [0.5, 0.6) is 0 Å². The van der Waals surface area contributed by atoms with Crippen LogP contribution < -0.4 is 16.8 Å². The van der Waals surface area contributed by atoms with Gasteiger partial charge in [0.25, 0.3) is 0 Å². The zero-order valence-electron chi connectivity index (χ0n) is 15.5. The Bertz CT molecular complexity index is 940. The Kier molecular flexibility index (Phi) is 6.00. The summed E-state index contributed by atoms with van der Waals surface area (Å²) in [5.41, 5.74) is 13.7. The quantitative estimate of drug-likeness (QED) is 0.630. The maximum Gasteiger partial charge on any atom is 0.229 e. The van der Waals surface area contributed by atoms with Crippen LogP contribution in [0.2, 0.25) is 10.0 Å². The molecule has 0 fully saturated rings. The van der Waals surface area contributed by atoms with Crippen molar-refractivity contribution in [1.82, 2.24) is 20.4 Å². The van der Waals surface area contributed by atoms with Gasteiger partial charge in [-0.2, -0.15) is 4.98 Å². The fourth-order valence-corrected chi connectivity index (χ4v) is 3.23. The number of nitrogens with zero attached hydrogens (tertiary/aromatic N) is 3. The summed E-state index contributed by atoms with van der Waals surface area (Å²) in [7, 11) is 0. The highest BCUT2D eigenvalue weighted by Crippen LogP contribution is 2.30. The Morgan fingerprint density at radius 3 is 2.86 bits per heavy atom. The topological polar surface area (TPSA) is 106 Å². The Morgan fingerprint density at radius 1 is 1.43 bits per heavy atom. The summed E-state index contributed by atoms with van der Waals surface area (Å²) in [6, 6.07) is 2.71. The number of nitrogens with one attached hydrogen (secondary N) is 1. The van der Waals surface area contributed by atoms with Crippen molar-refractivity contribution >= 4 is 28.9 Å². The first kappa shape index (κ1) is 20.3. The highest BCUT2D eigenvalue weighted by molar-refractivity contribution is 6.36.